The Labute approximate surface area is 98.2 Å². The summed E-state index contributed by atoms with van der Waals surface area (Å²) < 4.78 is 5.44. The highest BCUT2D eigenvalue weighted by molar-refractivity contribution is 5.94. The van der Waals surface area contributed by atoms with Gasteiger partial charge in [-0.15, -0.1) is 0 Å². The van der Waals surface area contributed by atoms with Gasteiger partial charge >= 0.3 is 0 Å². The number of hydrogen-bond donors (Lipinski definition) is 1. The predicted octanol–water partition coefficient (Wildman–Crippen LogP) is 1.50. The summed E-state index contributed by atoms with van der Waals surface area (Å²) in [5.74, 6) is 0.481. The first-order chi connectivity index (χ1) is 8.35. The number of azide groups is 1. The maximum atomic E-state index is 9.21. The van der Waals surface area contributed by atoms with Crippen LogP contribution in [0.3, 0.4) is 0 Å². The second-order valence-electron chi connectivity index (χ2n) is 3.63. The number of nitrogens with zero attached hydrogens (tertiary/aromatic N) is 4. The molecule has 0 unspecified atom stereocenters. The Kier molecular flexibility index (Phi) is 3.59. The van der Waals surface area contributed by atoms with Crippen LogP contribution in [0, 0.1) is 0 Å². The molecule has 1 aliphatic rings. The van der Waals surface area contributed by atoms with Gasteiger partial charge in [0.2, 0.25) is 5.90 Å². The number of aliphatic hydroxyl groups is 1. The maximum Gasteiger partial charge on any atom is 0.216 e. The first-order valence-electron chi connectivity index (χ1n) is 5.26. The molecule has 88 valence electrons. The van der Waals surface area contributed by atoms with E-state index in [0.29, 0.717) is 5.90 Å². The highest BCUT2D eigenvalue weighted by Crippen LogP contribution is 2.15. The van der Waals surface area contributed by atoms with Crippen LogP contribution in [0.2, 0.25) is 0 Å². The highest BCUT2D eigenvalue weighted by Gasteiger charge is 2.26. The van der Waals surface area contributed by atoms with Gasteiger partial charge in [0.25, 0.3) is 0 Å². The molecule has 2 rings (SSSR count). The smallest absolute Gasteiger partial charge is 0.216 e. The number of ether oxygens (including phenoxy) is 1. The minimum Gasteiger partial charge on any atom is -0.477 e. The second kappa shape index (κ2) is 5.34. The van der Waals surface area contributed by atoms with Gasteiger partial charge in [0.15, 0.2) is 0 Å². The number of rotatable bonds is 3. The third-order valence-corrected chi connectivity index (χ3v) is 2.53. The molecule has 0 aromatic heterocycles. The van der Waals surface area contributed by atoms with Crippen molar-refractivity contribution in [2.24, 2.45) is 10.1 Å². The molecule has 6 nitrogen and oxygen atoms in total. The second-order valence-corrected chi connectivity index (χ2v) is 3.63. The van der Waals surface area contributed by atoms with Crippen molar-refractivity contribution in [3.8, 4) is 0 Å². The van der Waals surface area contributed by atoms with Crippen molar-refractivity contribution in [2.45, 2.75) is 12.1 Å². The number of aliphatic imine (C=N–C) groups is 1. The van der Waals surface area contributed by atoms with E-state index >= 15 is 0 Å². The van der Waals surface area contributed by atoms with E-state index in [1.165, 1.54) is 0 Å². The molecule has 0 spiro atoms. The van der Waals surface area contributed by atoms with Gasteiger partial charge in [-0.05, 0) is 17.7 Å². The minimum absolute atomic E-state index is 0.163. The van der Waals surface area contributed by atoms with Gasteiger partial charge < -0.3 is 9.84 Å². The summed E-state index contributed by atoms with van der Waals surface area (Å²) in [6, 6.07) is 8.54. The average molecular weight is 232 g/mol. The molecule has 2 atom stereocenters. The van der Waals surface area contributed by atoms with Gasteiger partial charge in [-0.1, -0.05) is 23.3 Å². The zero-order valence-electron chi connectivity index (χ0n) is 9.10. The van der Waals surface area contributed by atoms with E-state index in [1.807, 2.05) is 30.3 Å². The van der Waals surface area contributed by atoms with Gasteiger partial charge in [0.05, 0.1) is 18.7 Å². The van der Waals surface area contributed by atoms with Crippen LogP contribution in [-0.4, -0.2) is 36.3 Å². The SMILES string of the molecule is [N-]=[N+]=N[C@@H]1COC(c2ccccc2)=N[C@@H]1CO. The van der Waals surface area contributed by atoms with Crippen LogP contribution in [0.25, 0.3) is 10.4 Å². The van der Waals surface area contributed by atoms with Crippen molar-refractivity contribution in [3.63, 3.8) is 0 Å². The standard InChI is InChI=1S/C11H12N4O2/c12-15-14-10-7-17-11(13-9(10)6-16)8-4-2-1-3-5-8/h1-5,9-10,16H,6-7H2/t9-,10-/m1/s1. The Morgan fingerprint density at radius 2 is 2.24 bits per heavy atom. The molecule has 1 aromatic carbocycles. The summed E-state index contributed by atoms with van der Waals surface area (Å²) in [6.45, 7) is 0.0758. The molecule has 0 saturated heterocycles. The van der Waals surface area contributed by atoms with Crippen molar-refractivity contribution in [1.29, 1.82) is 0 Å². The summed E-state index contributed by atoms with van der Waals surface area (Å²) >= 11 is 0. The summed E-state index contributed by atoms with van der Waals surface area (Å²) in [7, 11) is 0. The fraction of sp³-hybridized carbons (Fsp3) is 0.364. The lowest BCUT2D eigenvalue weighted by molar-refractivity contribution is 0.183. The van der Waals surface area contributed by atoms with Crippen LogP contribution in [0.5, 0.6) is 0 Å². The molecule has 0 radical (unpaired) electrons. The van der Waals surface area contributed by atoms with E-state index in [9.17, 15) is 5.11 Å². The van der Waals surface area contributed by atoms with Crippen LogP contribution in [0.1, 0.15) is 5.56 Å². The largest absolute Gasteiger partial charge is 0.477 e. The van der Waals surface area contributed by atoms with Crippen LogP contribution in [0.15, 0.2) is 40.4 Å². The number of benzene rings is 1. The molecule has 1 N–H and O–H groups in total. The quantitative estimate of drug-likeness (QED) is 0.486. The number of aliphatic hydroxyl groups excluding tert-OH is 1. The molecule has 0 saturated carbocycles. The number of hydrogen-bond acceptors (Lipinski definition) is 4. The fourth-order valence-corrected chi connectivity index (χ4v) is 1.63. The van der Waals surface area contributed by atoms with E-state index in [-0.39, 0.29) is 13.2 Å². The molecule has 0 amide bonds. The maximum absolute atomic E-state index is 9.21. The summed E-state index contributed by atoms with van der Waals surface area (Å²) in [4.78, 5) is 6.97. The van der Waals surface area contributed by atoms with Gasteiger partial charge in [0, 0.05) is 10.5 Å². The Balaban J connectivity index is 2.24. The molecule has 1 heterocycles. The van der Waals surface area contributed by atoms with Crippen LogP contribution < -0.4 is 0 Å². The Morgan fingerprint density at radius 3 is 2.88 bits per heavy atom. The molecule has 0 aliphatic carbocycles. The molecule has 0 bridgehead atoms. The van der Waals surface area contributed by atoms with Gasteiger partial charge in [-0.3, -0.25) is 0 Å². The summed E-state index contributed by atoms with van der Waals surface area (Å²) in [5.41, 5.74) is 9.24. The molecule has 0 fully saturated rings. The molecule has 17 heavy (non-hydrogen) atoms. The van der Waals surface area contributed by atoms with E-state index in [0.717, 1.165) is 5.56 Å². The van der Waals surface area contributed by atoms with Crippen LogP contribution in [0.4, 0.5) is 0 Å². The van der Waals surface area contributed by atoms with Crippen molar-refractivity contribution < 1.29 is 9.84 Å². The first kappa shape index (κ1) is 11.4. The minimum atomic E-state index is -0.447. The van der Waals surface area contributed by atoms with Gasteiger partial charge in [-0.2, -0.15) is 0 Å². The van der Waals surface area contributed by atoms with E-state index in [4.69, 9.17) is 10.3 Å². The van der Waals surface area contributed by atoms with Gasteiger partial charge in [0.1, 0.15) is 6.61 Å². The first-order valence-corrected chi connectivity index (χ1v) is 5.26. The van der Waals surface area contributed by atoms with Crippen molar-refractivity contribution in [2.75, 3.05) is 13.2 Å². The summed E-state index contributed by atoms with van der Waals surface area (Å²) in [6.07, 6.45) is 0. The molecular formula is C11H12N4O2. The monoisotopic (exact) mass is 232 g/mol. The Bertz CT molecular complexity index is 454. The van der Waals surface area contributed by atoms with E-state index in [1.54, 1.807) is 0 Å². The summed E-state index contributed by atoms with van der Waals surface area (Å²) in [5, 5.41) is 12.8. The zero-order valence-corrected chi connectivity index (χ0v) is 9.10. The fourth-order valence-electron chi connectivity index (χ4n) is 1.63. The predicted molar refractivity (Wildman–Crippen MR) is 62.7 cm³/mol. The Morgan fingerprint density at radius 1 is 1.47 bits per heavy atom. The lowest BCUT2D eigenvalue weighted by atomic mass is 10.1. The molecule has 6 heteroatoms. The van der Waals surface area contributed by atoms with Crippen molar-refractivity contribution in [1.82, 2.24) is 0 Å². The lowest BCUT2D eigenvalue weighted by Crippen LogP contribution is -2.37. The molecular weight excluding hydrogens is 220 g/mol. The third-order valence-electron chi connectivity index (χ3n) is 2.53. The van der Waals surface area contributed by atoms with Gasteiger partial charge in [-0.25, -0.2) is 4.99 Å². The normalized spacial score (nSPS) is 23.2. The van der Waals surface area contributed by atoms with E-state index < -0.39 is 12.1 Å². The third kappa shape index (κ3) is 2.55. The topological polar surface area (TPSA) is 90.6 Å². The Hall–Kier alpha value is -2.04. The van der Waals surface area contributed by atoms with Crippen LogP contribution in [-0.2, 0) is 4.74 Å². The van der Waals surface area contributed by atoms with Crippen molar-refractivity contribution in [3.05, 3.63) is 46.3 Å². The molecule has 1 aromatic rings. The van der Waals surface area contributed by atoms with Crippen LogP contribution >= 0.6 is 0 Å². The zero-order chi connectivity index (χ0) is 12.1. The van der Waals surface area contributed by atoms with Crippen molar-refractivity contribution >= 4 is 5.90 Å². The van der Waals surface area contributed by atoms with E-state index in [2.05, 4.69) is 15.0 Å². The average Bonchev–Trinajstić information content (AvgIpc) is 2.40. The lowest BCUT2D eigenvalue weighted by Gasteiger charge is -2.25. The molecule has 1 aliphatic heterocycles. The highest BCUT2D eigenvalue weighted by atomic mass is 16.5.